The molecule has 1 aliphatic rings. The summed E-state index contributed by atoms with van der Waals surface area (Å²) in [5.41, 5.74) is 3.67. The minimum atomic E-state index is -0.282. The van der Waals surface area contributed by atoms with Crippen LogP contribution in [0.4, 0.5) is 10.7 Å². The molecule has 12 nitrogen and oxygen atoms in total. The van der Waals surface area contributed by atoms with E-state index >= 15 is 0 Å². The van der Waals surface area contributed by atoms with Crippen molar-refractivity contribution in [1.29, 1.82) is 0 Å². The molecule has 2 amide bonds. The van der Waals surface area contributed by atoms with E-state index < -0.39 is 0 Å². The number of hydrogen-bond acceptors (Lipinski definition) is 11. The zero-order chi connectivity index (χ0) is 36.3. The van der Waals surface area contributed by atoms with Crippen LogP contribution in [0.25, 0.3) is 0 Å². The van der Waals surface area contributed by atoms with Crippen molar-refractivity contribution in [1.82, 2.24) is 0 Å². The summed E-state index contributed by atoms with van der Waals surface area (Å²) in [5, 5.41) is 15.2. The molecule has 0 unspecified atom stereocenters. The van der Waals surface area contributed by atoms with Gasteiger partial charge in [-0.2, -0.15) is 0 Å². The number of aliphatic hydroxyl groups excluding tert-OH is 1. The van der Waals surface area contributed by atoms with Crippen LogP contribution in [0.2, 0.25) is 0 Å². The standard InChI is InChI=1S/C38H52N2O10S/c1-38(2)12-11-32-33(26-38)51-37(34(32)36(43)39-30-7-9-31(44-3)10-8-30)40-35(42)29-6-4-5-28(25-29)27-50-24-23-49-22-21-48-20-19-47-18-17-46-16-15-45-14-13-41/h4-10,25,41H,11-24,26-27H2,1-3H3,(H,39,43)(H,40,42). The van der Waals surface area contributed by atoms with Crippen molar-refractivity contribution < 1.29 is 47.9 Å². The quantitative estimate of drug-likeness (QED) is 0.103. The fourth-order valence-corrected chi connectivity index (χ4v) is 6.93. The lowest BCUT2D eigenvalue weighted by Gasteiger charge is -2.29. The highest BCUT2D eigenvalue weighted by Gasteiger charge is 2.33. The molecule has 3 N–H and O–H groups in total. The number of thiophene rings is 1. The van der Waals surface area contributed by atoms with E-state index in [9.17, 15) is 9.59 Å². The second-order valence-corrected chi connectivity index (χ2v) is 13.8. The van der Waals surface area contributed by atoms with Gasteiger partial charge in [-0.05, 0) is 72.2 Å². The molecule has 3 aromatic rings. The highest BCUT2D eigenvalue weighted by atomic mass is 32.1. The summed E-state index contributed by atoms with van der Waals surface area (Å²) in [6, 6.07) is 14.5. The number of carbonyl (C=O) groups excluding carboxylic acids is 2. The Bertz CT molecular complexity index is 1490. The van der Waals surface area contributed by atoms with Gasteiger partial charge in [-0.25, -0.2) is 0 Å². The van der Waals surface area contributed by atoms with Crippen LogP contribution in [0.1, 0.15) is 57.0 Å². The molecule has 4 rings (SSSR count). The highest BCUT2D eigenvalue weighted by molar-refractivity contribution is 7.17. The number of benzene rings is 2. The Labute approximate surface area is 304 Å². The smallest absolute Gasteiger partial charge is 0.258 e. The molecular formula is C38H52N2O10S. The van der Waals surface area contributed by atoms with Gasteiger partial charge in [0.25, 0.3) is 11.8 Å². The van der Waals surface area contributed by atoms with E-state index in [0.29, 0.717) is 107 Å². The molecule has 0 aliphatic heterocycles. The number of amides is 2. The summed E-state index contributed by atoms with van der Waals surface area (Å²) >= 11 is 1.49. The average molecular weight is 729 g/mol. The van der Waals surface area contributed by atoms with Crippen LogP contribution in [-0.2, 0) is 47.9 Å². The predicted octanol–water partition coefficient (Wildman–Crippen LogP) is 5.37. The normalized spacial score (nSPS) is 13.5. The zero-order valence-electron chi connectivity index (χ0n) is 30.0. The van der Waals surface area contributed by atoms with E-state index in [2.05, 4.69) is 24.5 Å². The molecular weight excluding hydrogens is 676 g/mol. The van der Waals surface area contributed by atoms with E-state index in [1.807, 2.05) is 12.1 Å². The first-order valence-electron chi connectivity index (χ1n) is 17.4. The molecule has 280 valence electrons. The lowest BCUT2D eigenvalue weighted by atomic mass is 9.77. The van der Waals surface area contributed by atoms with Crippen LogP contribution in [0.3, 0.4) is 0 Å². The van der Waals surface area contributed by atoms with Gasteiger partial charge in [0.05, 0.1) is 98.6 Å². The van der Waals surface area contributed by atoms with Crippen LogP contribution in [0.5, 0.6) is 5.75 Å². The maximum absolute atomic E-state index is 13.7. The van der Waals surface area contributed by atoms with E-state index in [4.69, 9.17) is 38.3 Å². The van der Waals surface area contributed by atoms with E-state index in [1.165, 1.54) is 11.3 Å². The van der Waals surface area contributed by atoms with Gasteiger partial charge in [-0.15, -0.1) is 11.3 Å². The van der Waals surface area contributed by atoms with Crippen molar-refractivity contribution in [3.63, 3.8) is 0 Å². The summed E-state index contributed by atoms with van der Waals surface area (Å²) < 4.78 is 38.0. The van der Waals surface area contributed by atoms with E-state index in [0.717, 1.165) is 35.3 Å². The third-order valence-corrected chi connectivity index (χ3v) is 9.28. The second-order valence-electron chi connectivity index (χ2n) is 12.7. The van der Waals surface area contributed by atoms with Crippen molar-refractivity contribution in [2.75, 3.05) is 97.0 Å². The summed E-state index contributed by atoms with van der Waals surface area (Å²) in [4.78, 5) is 28.3. The van der Waals surface area contributed by atoms with Crippen LogP contribution in [0.15, 0.2) is 48.5 Å². The molecule has 1 heterocycles. The first-order valence-corrected chi connectivity index (χ1v) is 18.2. The molecule has 1 aromatic heterocycles. The monoisotopic (exact) mass is 728 g/mol. The summed E-state index contributed by atoms with van der Waals surface area (Å²) in [5.74, 6) is 0.179. The van der Waals surface area contributed by atoms with Crippen molar-refractivity contribution in [3.8, 4) is 5.75 Å². The lowest BCUT2D eigenvalue weighted by Crippen LogP contribution is -2.23. The molecule has 1 aliphatic carbocycles. The number of hydrogen-bond donors (Lipinski definition) is 3. The summed E-state index contributed by atoms with van der Waals surface area (Å²) in [6.45, 7) is 9.66. The van der Waals surface area contributed by atoms with Crippen molar-refractivity contribution in [3.05, 3.63) is 75.7 Å². The lowest BCUT2D eigenvalue weighted by molar-refractivity contribution is -0.0190. The first kappa shape index (κ1) is 40.4. The molecule has 0 saturated carbocycles. The number of methoxy groups -OCH3 is 1. The van der Waals surface area contributed by atoms with E-state index in [-0.39, 0.29) is 23.8 Å². The van der Waals surface area contributed by atoms with Gasteiger partial charge in [0.1, 0.15) is 10.8 Å². The van der Waals surface area contributed by atoms with E-state index in [1.54, 1.807) is 43.5 Å². The zero-order valence-corrected chi connectivity index (χ0v) is 30.8. The molecule has 51 heavy (non-hydrogen) atoms. The number of nitrogens with one attached hydrogen (secondary N) is 2. The van der Waals surface area contributed by atoms with Gasteiger partial charge in [0, 0.05) is 16.1 Å². The summed E-state index contributed by atoms with van der Waals surface area (Å²) in [6.07, 6.45) is 2.60. The van der Waals surface area contributed by atoms with Crippen LogP contribution in [0, 0.1) is 5.41 Å². The predicted molar refractivity (Wildman–Crippen MR) is 196 cm³/mol. The van der Waals surface area contributed by atoms with Crippen LogP contribution >= 0.6 is 11.3 Å². The van der Waals surface area contributed by atoms with Gasteiger partial charge in [0.15, 0.2) is 0 Å². The first-order chi connectivity index (χ1) is 24.8. The number of ether oxygens (including phenoxy) is 7. The summed E-state index contributed by atoms with van der Waals surface area (Å²) in [7, 11) is 1.60. The maximum Gasteiger partial charge on any atom is 0.258 e. The van der Waals surface area contributed by atoms with Crippen molar-refractivity contribution in [2.24, 2.45) is 5.41 Å². The largest absolute Gasteiger partial charge is 0.497 e. The molecule has 0 fully saturated rings. The Kier molecular flexibility index (Phi) is 17.3. The molecule has 0 radical (unpaired) electrons. The fraction of sp³-hybridized carbons (Fsp3) is 0.526. The number of anilines is 2. The van der Waals surface area contributed by atoms with Crippen LogP contribution < -0.4 is 15.4 Å². The average Bonchev–Trinajstić information content (AvgIpc) is 3.47. The minimum absolute atomic E-state index is 0.0114. The Morgan fingerprint density at radius 3 is 1.94 bits per heavy atom. The third kappa shape index (κ3) is 13.9. The minimum Gasteiger partial charge on any atom is -0.497 e. The van der Waals surface area contributed by atoms with Crippen molar-refractivity contribution in [2.45, 2.75) is 39.7 Å². The number of aliphatic hydroxyl groups is 1. The Morgan fingerprint density at radius 1 is 0.765 bits per heavy atom. The molecule has 0 bridgehead atoms. The van der Waals surface area contributed by atoms with Gasteiger partial charge in [0.2, 0.25) is 0 Å². The van der Waals surface area contributed by atoms with Gasteiger partial charge in [-0.1, -0.05) is 26.0 Å². The van der Waals surface area contributed by atoms with Gasteiger partial charge in [-0.3, -0.25) is 9.59 Å². The Balaban J connectivity index is 1.17. The molecule has 0 atom stereocenters. The van der Waals surface area contributed by atoms with Crippen molar-refractivity contribution >= 4 is 33.8 Å². The molecule has 0 spiro atoms. The van der Waals surface area contributed by atoms with Gasteiger partial charge < -0.3 is 48.9 Å². The maximum atomic E-state index is 13.7. The molecule has 0 saturated heterocycles. The van der Waals surface area contributed by atoms with Crippen LogP contribution in [-0.4, -0.2) is 103 Å². The Hall–Kier alpha value is -3.40. The Morgan fingerprint density at radius 2 is 1.35 bits per heavy atom. The molecule has 13 heteroatoms. The fourth-order valence-electron chi connectivity index (χ4n) is 5.43. The number of rotatable bonds is 24. The highest BCUT2D eigenvalue weighted by Crippen LogP contribution is 2.44. The number of carbonyl (C=O) groups is 2. The topological polar surface area (TPSA) is 143 Å². The second kappa shape index (κ2) is 21.8. The number of fused-ring (bicyclic) bond motifs is 1. The third-order valence-electron chi connectivity index (χ3n) is 8.14. The SMILES string of the molecule is COc1ccc(NC(=O)c2c(NC(=O)c3cccc(COCCOCCOCCOCCOCCOCCO)c3)sc3c2CCC(C)(C)C3)cc1. The van der Waals surface area contributed by atoms with Gasteiger partial charge >= 0.3 is 0 Å². The molecule has 2 aromatic carbocycles.